The van der Waals surface area contributed by atoms with Crippen molar-refractivity contribution in [2.24, 2.45) is 7.05 Å². The molecule has 104 valence electrons. The number of thioether (sulfide) groups is 1. The summed E-state index contributed by atoms with van der Waals surface area (Å²) >= 11 is 1.44. The molecule has 3 aromatic rings. The summed E-state index contributed by atoms with van der Waals surface area (Å²) in [6.07, 6.45) is 0.441. The molecule has 0 atom stereocenters. The van der Waals surface area contributed by atoms with Gasteiger partial charge in [-0.15, -0.1) is 0 Å². The first-order valence-electron chi connectivity index (χ1n) is 6.60. The predicted octanol–water partition coefficient (Wildman–Crippen LogP) is 3.09. The number of hydrogen-bond donors (Lipinski definition) is 0. The van der Waals surface area contributed by atoms with Crippen molar-refractivity contribution in [1.29, 1.82) is 5.26 Å². The average molecular weight is 295 g/mol. The van der Waals surface area contributed by atoms with Gasteiger partial charge in [-0.3, -0.25) is 9.36 Å². The number of benzene rings is 2. The molecule has 5 heteroatoms. The fraction of sp³-hybridized carbons (Fsp3) is 0.188. The number of aromatic nitrogens is 2. The lowest BCUT2D eigenvalue weighted by atomic mass is 10.1. The molecule has 0 N–H and O–H groups in total. The van der Waals surface area contributed by atoms with Crippen LogP contribution in [-0.2, 0) is 7.05 Å². The summed E-state index contributed by atoms with van der Waals surface area (Å²) < 4.78 is 1.55. The number of nitrogens with zero attached hydrogens (tertiary/aromatic N) is 3. The van der Waals surface area contributed by atoms with E-state index in [2.05, 4.69) is 11.1 Å². The van der Waals surface area contributed by atoms with Crippen LogP contribution in [0.5, 0.6) is 0 Å². The zero-order valence-electron chi connectivity index (χ0n) is 11.5. The fourth-order valence-corrected chi connectivity index (χ4v) is 3.07. The molecule has 4 nitrogen and oxygen atoms in total. The summed E-state index contributed by atoms with van der Waals surface area (Å²) in [7, 11) is 1.72. The summed E-state index contributed by atoms with van der Waals surface area (Å²) in [6, 6.07) is 13.9. The fourth-order valence-electron chi connectivity index (χ4n) is 2.25. The van der Waals surface area contributed by atoms with E-state index in [1.54, 1.807) is 11.6 Å². The Morgan fingerprint density at radius 3 is 2.71 bits per heavy atom. The predicted molar refractivity (Wildman–Crippen MR) is 85.4 cm³/mol. The zero-order valence-corrected chi connectivity index (χ0v) is 12.4. The van der Waals surface area contributed by atoms with Gasteiger partial charge in [0, 0.05) is 19.2 Å². The monoisotopic (exact) mass is 295 g/mol. The molecule has 0 radical (unpaired) electrons. The van der Waals surface area contributed by atoms with E-state index in [1.807, 2.05) is 36.4 Å². The van der Waals surface area contributed by atoms with Crippen molar-refractivity contribution >= 4 is 33.4 Å². The molecule has 0 spiro atoms. The molecule has 0 bridgehead atoms. The van der Waals surface area contributed by atoms with Gasteiger partial charge >= 0.3 is 0 Å². The first-order chi connectivity index (χ1) is 10.2. The van der Waals surface area contributed by atoms with Crippen LogP contribution in [0, 0.1) is 11.3 Å². The standard InChI is InChI=1S/C16H13N3OS/c1-19-15(20)13-9-11-5-2-3-6-12(11)10-14(13)18-16(19)21-8-4-7-17/h2-3,5-6,9-10H,4,8H2,1H3. The highest BCUT2D eigenvalue weighted by atomic mass is 32.2. The van der Waals surface area contributed by atoms with E-state index >= 15 is 0 Å². The maximum atomic E-state index is 12.5. The van der Waals surface area contributed by atoms with Gasteiger partial charge in [0.15, 0.2) is 5.16 Å². The summed E-state index contributed by atoms with van der Waals surface area (Å²) in [4.78, 5) is 17.0. The van der Waals surface area contributed by atoms with E-state index in [9.17, 15) is 4.79 Å². The number of fused-ring (bicyclic) bond motifs is 2. The van der Waals surface area contributed by atoms with E-state index in [-0.39, 0.29) is 5.56 Å². The first-order valence-corrected chi connectivity index (χ1v) is 7.58. The molecule has 0 aliphatic carbocycles. The summed E-state index contributed by atoms with van der Waals surface area (Å²) in [6.45, 7) is 0. The summed E-state index contributed by atoms with van der Waals surface area (Å²) in [5.41, 5.74) is 0.654. The average Bonchev–Trinajstić information content (AvgIpc) is 2.51. The van der Waals surface area contributed by atoms with Crippen molar-refractivity contribution in [3.05, 3.63) is 46.8 Å². The van der Waals surface area contributed by atoms with Crippen LogP contribution in [0.1, 0.15) is 6.42 Å². The molecule has 2 aromatic carbocycles. The second-order valence-electron chi connectivity index (χ2n) is 4.73. The smallest absolute Gasteiger partial charge is 0.261 e. The Labute approximate surface area is 126 Å². The van der Waals surface area contributed by atoms with Crippen molar-refractivity contribution in [2.75, 3.05) is 5.75 Å². The molecule has 0 saturated heterocycles. The number of hydrogen-bond acceptors (Lipinski definition) is 4. The van der Waals surface area contributed by atoms with Crippen LogP contribution in [0.3, 0.4) is 0 Å². The van der Waals surface area contributed by atoms with Crippen LogP contribution >= 0.6 is 11.8 Å². The quantitative estimate of drug-likeness (QED) is 0.322. The minimum Gasteiger partial charge on any atom is -0.290 e. The van der Waals surface area contributed by atoms with Gasteiger partial charge in [0.2, 0.25) is 0 Å². The molecule has 1 heterocycles. The maximum absolute atomic E-state index is 12.5. The third kappa shape index (κ3) is 2.50. The maximum Gasteiger partial charge on any atom is 0.261 e. The molecule has 0 amide bonds. The van der Waals surface area contributed by atoms with Crippen molar-refractivity contribution in [2.45, 2.75) is 11.6 Å². The lowest BCUT2D eigenvalue weighted by molar-refractivity contribution is 0.726. The third-order valence-electron chi connectivity index (χ3n) is 3.35. The number of nitriles is 1. The molecular formula is C16H13N3OS. The topological polar surface area (TPSA) is 58.7 Å². The van der Waals surface area contributed by atoms with Crippen molar-refractivity contribution in [3.63, 3.8) is 0 Å². The Bertz CT molecular complexity index is 924. The van der Waals surface area contributed by atoms with Crippen molar-refractivity contribution in [1.82, 2.24) is 9.55 Å². The molecule has 0 aliphatic heterocycles. The van der Waals surface area contributed by atoms with Crippen LogP contribution in [0.15, 0.2) is 46.3 Å². The Kier molecular flexibility index (Phi) is 3.63. The minimum absolute atomic E-state index is 0.0507. The molecular weight excluding hydrogens is 282 g/mol. The second-order valence-corrected chi connectivity index (χ2v) is 5.79. The first kappa shape index (κ1) is 13.7. The van der Waals surface area contributed by atoms with E-state index in [4.69, 9.17) is 5.26 Å². The highest BCUT2D eigenvalue weighted by Crippen LogP contribution is 2.22. The third-order valence-corrected chi connectivity index (χ3v) is 4.38. The van der Waals surface area contributed by atoms with E-state index in [1.165, 1.54) is 11.8 Å². The van der Waals surface area contributed by atoms with Crippen LogP contribution in [0.4, 0.5) is 0 Å². The summed E-state index contributed by atoms with van der Waals surface area (Å²) in [5, 5.41) is 12.0. The largest absolute Gasteiger partial charge is 0.290 e. The van der Waals surface area contributed by atoms with Gasteiger partial charge in [-0.2, -0.15) is 5.26 Å². The SMILES string of the molecule is Cn1c(SCCC#N)nc2cc3ccccc3cc2c1=O. The second kappa shape index (κ2) is 5.58. The lowest BCUT2D eigenvalue weighted by Gasteiger charge is -2.08. The van der Waals surface area contributed by atoms with Crippen LogP contribution in [-0.4, -0.2) is 15.3 Å². The molecule has 0 saturated carbocycles. The lowest BCUT2D eigenvalue weighted by Crippen LogP contribution is -2.20. The van der Waals surface area contributed by atoms with Crippen LogP contribution in [0.2, 0.25) is 0 Å². The minimum atomic E-state index is -0.0507. The van der Waals surface area contributed by atoms with Crippen molar-refractivity contribution in [3.8, 4) is 6.07 Å². The van der Waals surface area contributed by atoms with Gasteiger partial charge in [-0.1, -0.05) is 36.0 Å². The molecule has 21 heavy (non-hydrogen) atoms. The molecule has 1 aromatic heterocycles. The summed E-state index contributed by atoms with van der Waals surface area (Å²) in [5.74, 6) is 0.635. The number of rotatable bonds is 3. The van der Waals surface area contributed by atoms with E-state index < -0.39 is 0 Å². The molecule has 0 aliphatic rings. The van der Waals surface area contributed by atoms with Gasteiger partial charge in [0.05, 0.1) is 17.0 Å². The molecule has 0 fully saturated rings. The van der Waals surface area contributed by atoms with Crippen LogP contribution in [0.25, 0.3) is 21.7 Å². The van der Waals surface area contributed by atoms with Gasteiger partial charge in [0.1, 0.15) is 0 Å². The van der Waals surface area contributed by atoms with Gasteiger partial charge in [0.25, 0.3) is 5.56 Å². The van der Waals surface area contributed by atoms with Gasteiger partial charge in [-0.25, -0.2) is 4.98 Å². The van der Waals surface area contributed by atoms with Gasteiger partial charge in [-0.05, 0) is 22.9 Å². The van der Waals surface area contributed by atoms with Crippen molar-refractivity contribution < 1.29 is 0 Å². The molecule has 3 rings (SSSR count). The normalized spacial score (nSPS) is 10.9. The zero-order chi connectivity index (χ0) is 14.8. The van der Waals surface area contributed by atoms with Gasteiger partial charge < -0.3 is 0 Å². The highest BCUT2D eigenvalue weighted by Gasteiger charge is 2.09. The Morgan fingerprint density at radius 1 is 1.29 bits per heavy atom. The van der Waals surface area contributed by atoms with E-state index in [0.717, 1.165) is 10.8 Å². The highest BCUT2D eigenvalue weighted by molar-refractivity contribution is 7.99. The van der Waals surface area contributed by atoms with E-state index in [0.29, 0.717) is 28.2 Å². The molecule has 0 unspecified atom stereocenters. The Morgan fingerprint density at radius 2 is 2.00 bits per heavy atom. The Balaban J connectivity index is 2.20. The Hall–Kier alpha value is -2.32. The van der Waals surface area contributed by atoms with Crippen LogP contribution < -0.4 is 5.56 Å².